The van der Waals surface area contributed by atoms with E-state index in [9.17, 15) is 9.59 Å². The molecule has 24 heavy (non-hydrogen) atoms. The number of carbonyl (C=O) groups is 2. The first-order valence-corrected chi connectivity index (χ1v) is 8.94. The Balaban J connectivity index is 1.79. The fourth-order valence-corrected chi connectivity index (χ4v) is 4.24. The van der Waals surface area contributed by atoms with Crippen LogP contribution in [0.3, 0.4) is 0 Å². The van der Waals surface area contributed by atoms with E-state index in [-0.39, 0.29) is 12.3 Å². The summed E-state index contributed by atoms with van der Waals surface area (Å²) in [7, 11) is 0. The molecule has 0 aliphatic heterocycles. The smallest absolute Gasteiger partial charge is 0.307 e. The third-order valence-corrected chi connectivity index (χ3v) is 5.65. The highest BCUT2D eigenvalue weighted by Crippen LogP contribution is 2.37. The number of rotatable bonds is 5. The van der Waals surface area contributed by atoms with E-state index in [2.05, 4.69) is 10.3 Å². The number of aryl methyl sites for hydroxylation is 1. The molecule has 1 saturated carbocycles. The van der Waals surface area contributed by atoms with Crippen molar-refractivity contribution in [3.8, 4) is 0 Å². The van der Waals surface area contributed by atoms with Gasteiger partial charge in [0, 0.05) is 11.6 Å². The number of anilines is 1. The Hall–Kier alpha value is -2.21. The van der Waals surface area contributed by atoms with E-state index >= 15 is 0 Å². The minimum absolute atomic E-state index is 0.120. The van der Waals surface area contributed by atoms with Crippen LogP contribution in [0.4, 0.5) is 5.69 Å². The van der Waals surface area contributed by atoms with Crippen molar-refractivity contribution in [3.05, 3.63) is 45.4 Å². The second-order valence-electron chi connectivity index (χ2n) is 6.13. The van der Waals surface area contributed by atoms with E-state index in [1.807, 2.05) is 6.92 Å². The van der Waals surface area contributed by atoms with Crippen molar-refractivity contribution >= 4 is 28.9 Å². The molecule has 0 atom stereocenters. The van der Waals surface area contributed by atoms with Gasteiger partial charge in [-0.1, -0.05) is 31.0 Å². The monoisotopic (exact) mass is 344 g/mol. The molecule has 0 saturated heterocycles. The lowest BCUT2D eigenvalue weighted by atomic mass is 10.1. The van der Waals surface area contributed by atoms with Crippen LogP contribution in [0.15, 0.2) is 24.3 Å². The molecular formula is C18H20N2O3S. The minimum Gasteiger partial charge on any atom is -0.481 e. The molecule has 0 radical (unpaired) electrons. The van der Waals surface area contributed by atoms with Gasteiger partial charge in [0.2, 0.25) is 0 Å². The van der Waals surface area contributed by atoms with Crippen LogP contribution in [-0.2, 0) is 11.2 Å². The molecule has 1 aromatic heterocycles. The van der Waals surface area contributed by atoms with Crippen molar-refractivity contribution in [1.29, 1.82) is 0 Å². The Morgan fingerprint density at radius 1 is 1.29 bits per heavy atom. The molecule has 6 heteroatoms. The Morgan fingerprint density at radius 3 is 2.71 bits per heavy atom. The van der Waals surface area contributed by atoms with Crippen LogP contribution in [0.1, 0.15) is 57.5 Å². The highest BCUT2D eigenvalue weighted by atomic mass is 32.1. The first kappa shape index (κ1) is 16.6. The molecule has 1 amide bonds. The Kier molecular flexibility index (Phi) is 4.94. The number of para-hydroxylation sites is 1. The molecule has 1 fully saturated rings. The number of nitrogens with zero attached hydrogens (tertiary/aromatic N) is 1. The van der Waals surface area contributed by atoms with Gasteiger partial charge in [0.1, 0.15) is 4.88 Å². The summed E-state index contributed by atoms with van der Waals surface area (Å²) in [6.07, 6.45) is 4.64. The summed E-state index contributed by atoms with van der Waals surface area (Å²) >= 11 is 1.46. The molecule has 0 unspecified atom stereocenters. The zero-order chi connectivity index (χ0) is 17.1. The molecule has 0 spiro atoms. The van der Waals surface area contributed by atoms with Gasteiger partial charge in [-0.25, -0.2) is 4.98 Å². The van der Waals surface area contributed by atoms with Crippen molar-refractivity contribution in [1.82, 2.24) is 4.98 Å². The summed E-state index contributed by atoms with van der Waals surface area (Å²) in [5.74, 6) is -0.657. The second kappa shape index (κ2) is 7.13. The van der Waals surface area contributed by atoms with Crippen LogP contribution >= 0.6 is 11.3 Å². The minimum atomic E-state index is -0.922. The van der Waals surface area contributed by atoms with E-state index in [0.29, 0.717) is 22.0 Å². The predicted molar refractivity (Wildman–Crippen MR) is 93.8 cm³/mol. The molecule has 0 bridgehead atoms. The SMILES string of the molecule is Cc1nc(C2CCCC2)sc1C(=O)Nc1ccccc1CC(=O)O. The lowest BCUT2D eigenvalue weighted by molar-refractivity contribution is -0.136. The topological polar surface area (TPSA) is 79.3 Å². The summed E-state index contributed by atoms with van der Waals surface area (Å²) in [6.45, 7) is 1.85. The lowest BCUT2D eigenvalue weighted by Gasteiger charge is -2.09. The molecule has 5 nitrogen and oxygen atoms in total. The Morgan fingerprint density at radius 2 is 2.00 bits per heavy atom. The van der Waals surface area contributed by atoms with Gasteiger partial charge >= 0.3 is 5.97 Å². The number of amides is 1. The van der Waals surface area contributed by atoms with Crippen molar-refractivity contribution < 1.29 is 14.7 Å². The molecule has 2 aromatic rings. The average Bonchev–Trinajstić information content (AvgIpc) is 3.18. The van der Waals surface area contributed by atoms with Crippen LogP contribution in [-0.4, -0.2) is 22.0 Å². The van der Waals surface area contributed by atoms with E-state index in [4.69, 9.17) is 5.11 Å². The molecule has 1 heterocycles. The van der Waals surface area contributed by atoms with Crippen LogP contribution in [0.5, 0.6) is 0 Å². The maximum Gasteiger partial charge on any atom is 0.307 e. The molecule has 126 valence electrons. The lowest BCUT2D eigenvalue weighted by Crippen LogP contribution is -2.14. The Labute approximate surface area is 144 Å². The van der Waals surface area contributed by atoms with Gasteiger partial charge in [0.15, 0.2) is 0 Å². The molecule has 2 N–H and O–H groups in total. The zero-order valence-corrected chi connectivity index (χ0v) is 14.4. The van der Waals surface area contributed by atoms with E-state index < -0.39 is 5.97 Å². The maximum atomic E-state index is 12.6. The van der Waals surface area contributed by atoms with E-state index in [1.54, 1.807) is 24.3 Å². The zero-order valence-electron chi connectivity index (χ0n) is 13.5. The van der Waals surface area contributed by atoms with Crippen molar-refractivity contribution in [2.24, 2.45) is 0 Å². The summed E-state index contributed by atoms with van der Waals surface area (Å²) in [6, 6.07) is 6.99. The largest absolute Gasteiger partial charge is 0.481 e. The Bertz CT molecular complexity index is 763. The van der Waals surface area contributed by atoms with Gasteiger partial charge in [0.25, 0.3) is 5.91 Å². The number of hydrogen-bond acceptors (Lipinski definition) is 4. The number of carboxylic acid groups (broad SMARTS) is 1. The first-order valence-electron chi connectivity index (χ1n) is 8.13. The number of benzene rings is 1. The summed E-state index contributed by atoms with van der Waals surface area (Å²) in [5.41, 5.74) is 1.88. The number of nitrogens with one attached hydrogen (secondary N) is 1. The van der Waals surface area contributed by atoms with Gasteiger partial charge in [-0.05, 0) is 31.4 Å². The standard InChI is InChI=1S/C18H20N2O3S/c1-11-16(24-18(19-11)12-6-2-3-7-12)17(23)20-14-9-5-4-8-13(14)10-15(21)22/h4-5,8-9,12H,2-3,6-7,10H2,1H3,(H,20,23)(H,21,22). The third kappa shape index (κ3) is 3.64. The average molecular weight is 344 g/mol. The van der Waals surface area contributed by atoms with Crippen LogP contribution in [0.2, 0.25) is 0 Å². The number of carbonyl (C=O) groups excluding carboxylic acids is 1. The summed E-state index contributed by atoms with van der Waals surface area (Å²) < 4.78 is 0. The number of aliphatic carboxylic acids is 1. The molecule has 3 rings (SSSR count). The normalized spacial score (nSPS) is 14.7. The number of aromatic nitrogens is 1. The molecule has 1 aliphatic carbocycles. The number of carboxylic acids is 1. The molecule has 1 aromatic carbocycles. The highest BCUT2D eigenvalue weighted by Gasteiger charge is 2.24. The van der Waals surface area contributed by atoms with Crippen LogP contribution < -0.4 is 5.32 Å². The van der Waals surface area contributed by atoms with Gasteiger partial charge in [0.05, 0.1) is 17.1 Å². The van der Waals surface area contributed by atoms with Gasteiger partial charge in [-0.15, -0.1) is 11.3 Å². The van der Waals surface area contributed by atoms with Gasteiger partial charge < -0.3 is 10.4 Å². The summed E-state index contributed by atoms with van der Waals surface area (Å²) in [5, 5.41) is 12.9. The van der Waals surface area contributed by atoms with Crippen molar-refractivity contribution in [2.75, 3.05) is 5.32 Å². The predicted octanol–water partition coefficient (Wildman–Crippen LogP) is 3.99. The fraction of sp³-hybridized carbons (Fsp3) is 0.389. The van der Waals surface area contributed by atoms with Crippen LogP contribution in [0.25, 0.3) is 0 Å². The molecular weight excluding hydrogens is 324 g/mol. The molecule has 1 aliphatic rings. The second-order valence-corrected chi connectivity index (χ2v) is 7.16. The quantitative estimate of drug-likeness (QED) is 0.859. The number of hydrogen-bond donors (Lipinski definition) is 2. The third-order valence-electron chi connectivity index (χ3n) is 4.33. The van der Waals surface area contributed by atoms with E-state index in [1.165, 1.54) is 24.2 Å². The van der Waals surface area contributed by atoms with E-state index in [0.717, 1.165) is 23.5 Å². The van der Waals surface area contributed by atoms with Crippen LogP contribution in [0, 0.1) is 6.92 Å². The fourth-order valence-electron chi connectivity index (χ4n) is 3.11. The number of thiazole rings is 1. The van der Waals surface area contributed by atoms with Crippen molar-refractivity contribution in [3.63, 3.8) is 0 Å². The highest BCUT2D eigenvalue weighted by molar-refractivity contribution is 7.14. The summed E-state index contributed by atoms with van der Waals surface area (Å²) in [4.78, 5) is 28.8. The van der Waals surface area contributed by atoms with Gasteiger partial charge in [-0.2, -0.15) is 0 Å². The maximum absolute atomic E-state index is 12.6. The first-order chi connectivity index (χ1) is 11.5. The van der Waals surface area contributed by atoms with Gasteiger partial charge in [-0.3, -0.25) is 9.59 Å². The van der Waals surface area contributed by atoms with Crippen molar-refractivity contribution in [2.45, 2.75) is 44.9 Å².